The van der Waals surface area contributed by atoms with E-state index in [1.54, 1.807) is 10.9 Å². The van der Waals surface area contributed by atoms with Gasteiger partial charge in [-0.3, -0.25) is 0 Å². The Hall–Kier alpha value is -2.48. The Morgan fingerprint density at radius 2 is 2.14 bits per heavy atom. The van der Waals surface area contributed by atoms with Crippen LogP contribution in [0.25, 0.3) is 11.5 Å². The minimum absolute atomic E-state index is 0.334. The van der Waals surface area contributed by atoms with Crippen LogP contribution in [0, 0.1) is 0 Å². The third-order valence-corrected chi connectivity index (χ3v) is 3.78. The van der Waals surface area contributed by atoms with Gasteiger partial charge in [0.25, 0.3) is 0 Å². The first-order valence-corrected chi connectivity index (χ1v) is 7.23. The van der Waals surface area contributed by atoms with E-state index < -0.39 is 0 Å². The maximum Gasteiger partial charge on any atom is 0.202 e. The molecular weight excluding hydrogens is 286 g/mol. The van der Waals surface area contributed by atoms with E-state index in [0.29, 0.717) is 24.0 Å². The molecule has 4 rings (SSSR count). The molecule has 114 valence electrons. The Morgan fingerprint density at radius 3 is 2.95 bits per heavy atom. The molecule has 0 saturated carbocycles. The molecule has 22 heavy (non-hydrogen) atoms. The fourth-order valence-corrected chi connectivity index (χ4v) is 2.65. The maximum atomic E-state index is 5.38. The van der Waals surface area contributed by atoms with Crippen LogP contribution >= 0.6 is 0 Å². The zero-order valence-electron chi connectivity index (χ0n) is 11.9. The minimum Gasteiger partial charge on any atom is -0.461 e. The molecular formula is C14H15N5O3. The van der Waals surface area contributed by atoms with Crippen molar-refractivity contribution in [2.24, 2.45) is 0 Å². The van der Waals surface area contributed by atoms with E-state index in [4.69, 9.17) is 13.7 Å². The van der Waals surface area contributed by atoms with Gasteiger partial charge in [-0.05, 0) is 35.4 Å². The summed E-state index contributed by atoms with van der Waals surface area (Å²) in [6, 6.07) is 5.48. The first-order chi connectivity index (χ1) is 10.9. The molecule has 4 heterocycles. The van der Waals surface area contributed by atoms with Gasteiger partial charge in [0.15, 0.2) is 11.6 Å². The molecule has 0 aromatic carbocycles. The summed E-state index contributed by atoms with van der Waals surface area (Å²) in [5.41, 5.74) is 0.756. The number of hydrogen-bond acceptors (Lipinski definition) is 7. The number of rotatable bonds is 4. The number of ether oxygens (including phenoxy) is 1. The molecule has 0 aliphatic carbocycles. The summed E-state index contributed by atoms with van der Waals surface area (Å²) >= 11 is 0. The largest absolute Gasteiger partial charge is 0.461 e. The zero-order chi connectivity index (χ0) is 14.8. The zero-order valence-corrected chi connectivity index (χ0v) is 11.9. The molecule has 0 spiro atoms. The molecule has 0 unspecified atom stereocenters. The fraction of sp³-hybridized carbons (Fsp3) is 0.429. The van der Waals surface area contributed by atoms with Gasteiger partial charge in [-0.2, -0.15) is 0 Å². The molecule has 0 radical (unpaired) electrons. The predicted octanol–water partition coefficient (Wildman–Crippen LogP) is 1.86. The molecule has 0 atom stereocenters. The summed E-state index contributed by atoms with van der Waals surface area (Å²) in [5.74, 6) is 2.46. The summed E-state index contributed by atoms with van der Waals surface area (Å²) in [6.07, 6.45) is 3.48. The first kappa shape index (κ1) is 13.2. The Morgan fingerprint density at radius 1 is 1.23 bits per heavy atom. The molecule has 3 aromatic heterocycles. The SMILES string of the molecule is c1coc(-c2cc(Cn3nnnc3C3CCOCC3)no2)c1. The van der Waals surface area contributed by atoms with Crippen LogP contribution in [0.1, 0.15) is 30.3 Å². The lowest BCUT2D eigenvalue weighted by molar-refractivity contribution is 0.0826. The molecule has 8 nitrogen and oxygen atoms in total. The van der Waals surface area contributed by atoms with Crippen molar-refractivity contribution in [1.29, 1.82) is 0 Å². The van der Waals surface area contributed by atoms with Crippen molar-refractivity contribution in [3.8, 4) is 11.5 Å². The predicted molar refractivity (Wildman–Crippen MR) is 73.9 cm³/mol. The number of nitrogens with zero attached hydrogens (tertiary/aromatic N) is 5. The second-order valence-electron chi connectivity index (χ2n) is 5.24. The summed E-state index contributed by atoms with van der Waals surface area (Å²) < 4.78 is 17.8. The molecule has 1 aliphatic rings. The summed E-state index contributed by atoms with van der Waals surface area (Å²) in [5, 5.41) is 16.1. The topological polar surface area (TPSA) is 92.0 Å². The molecule has 8 heteroatoms. The number of aromatic nitrogens is 5. The monoisotopic (exact) mass is 301 g/mol. The standard InChI is InChI=1S/C14H15N5O3/c1-2-12(21-5-1)13-8-11(16-22-13)9-19-14(15-17-18-19)10-3-6-20-7-4-10/h1-2,5,8,10H,3-4,6-7,9H2. The van der Waals surface area contributed by atoms with Crippen molar-refractivity contribution in [2.75, 3.05) is 13.2 Å². The van der Waals surface area contributed by atoms with Gasteiger partial charge in [-0.25, -0.2) is 4.68 Å². The average Bonchev–Trinajstić information content (AvgIpc) is 3.30. The Bertz CT molecular complexity index is 727. The van der Waals surface area contributed by atoms with Crippen molar-refractivity contribution < 1.29 is 13.7 Å². The maximum absolute atomic E-state index is 5.38. The van der Waals surface area contributed by atoms with Gasteiger partial charge in [-0.15, -0.1) is 5.10 Å². The molecule has 1 aliphatic heterocycles. The van der Waals surface area contributed by atoms with Crippen molar-refractivity contribution in [1.82, 2.24) is 25.4 Å². The van der Waals surface area contributed by atoms with Gasteiger partial charge < -0.3 is 13.7 Å². The average molecular weight is 301 g/mol. The van der Waals surface area contributed by atoms with Gasteiger partial charge in [-0.1, -0.05) is 5.16 Å². The van der Waals surface area contributed by atoms with Crippen LogP contribution in [-0.2, 0) is 11.3 Å². The lowest BCUT2D eigenvalue weighted by Crippen LogP contribution is -2.19. The molecule has 1 saturated heterocycles. The number of tetrazole rings is 1. The van der Waals surface area contributed by atoms with E-state index in [1.807, 2.05) is 18.2 Å². The minimum atomic E-state index is 0.334. The molecule has 0 amide bonds. The lowest BCUT2D eigenvalue weighted by Gasteiger charge is -2.20. The highest BCUT2D eigenvalue weighted by atomic mass is 16.5. The van der Waals surface area contributed by atoms with Crippen LogP contribution in [0.2, 0.25) is 0 Å². The third-order valence-electron chi connectivity index (χ3n) is 3.78. The summed E-state index contributed by atoms with van der Waals surface area (Å²) in [4.78, 5) is 0. The summed E-state index contributed by atoms with van der Waals surface area (Å²) in [7, 11) is 0. The fourth-order valence-electron chi connectivity index (χ4n) is 2.65. The van der Waals surface area contributed by atoms with Gasteiger partial charge in [0.05, 0.1) is 12.8 Å². The number of furan rings is 1. The van der Waals surface area contributed by atoms with Crippen molar-refractivity contribution >= 4 is 0 Å². The van der Waals surface area contributed by atoms with Crippen LogP contribution in [0.5, 0.6) is 0 Å². The van der Waals surface area contributed by atoms with Crippen LogP contribution < -0.4 is 0 Å². The van der Waals surface area contributed by atoms with E-state index in [9.17, 15) is 0 Å². The van der Waals surface area contributed by atoms with Crippen LogP contribution in [-0.4, -0.2) is 38.6 Å². The normalized spacial score (nSPS) is 16.2. The van der Waals surface area contributed by atoms with Gasteiger partial charge in [0.2, 0.25) is 5.76 Å². The second kappa shape index (κ2) is 5.72. The van der Waals surface area contributed by atoms with Gasteiger partial charge >= 0.3 is 0 Å². The molecule has 1 fully saturated rings. The van der Waals surface area contributed by atoms with Crippen molar-refractivity contribution in [3.05, 3.63) is 36.0 Å². The Labute approximate surface area is 126 Å². The van der Waals surface area contributed by atoms with E-state index in [-0.39, 0.29) is 0 Å². The quantitative estimate of drug-likeness (QED) is 0.726. The van der Waals surface area contributed by atoms with E-state index >= 15 is 0 Å². The van der Waals surface area contributed by atoms with Crippen molar-refractivity contribution in [2.45, 2.75) is 25.3 Å². The second-order valence-corrected chi connectivity index (χ2v) is 5.24. The number of hydrogen-bond donors (Lipinski definition) is 0. The lowest BCUT2D eigenvalue weighted by atomic mass is 9.99. The smallest absolute Gasteiger partial charge is 0.202 e. The highest BCUT2D eigenvalue weighted by Crippen LogP contribution is 2.25. The Balaban J connectivity index is 1.53. The van der Waals surface area contributed by atoms with Crippen molar-refractivity contribution in [3.63, 3.8) is 0 Å². The van der Waals surface area contributed by atoms with Crippen LogP contribution in [0.4, 0.5) is 0 Å². The van der Waals surface area contributed by atoms with Crippen LogP contribution in [0.15, 0.2) is 33.4 Å². The van der Waals surface area contributed by atoms with Crippen LogP contribution in [0.3, 0.4) is 0 Å². The Kier molecular flexibility index (Phi) is 3.43. The van der Waals surface area contributed by atoms with E-state index in [0.717, 1.165) is 37.6 Å². The third kappa shape index (κ3) is 2.52. The highest BCUT2D eigenvalue weighted by Gasteiger charge is 2.22. The van der Waals surface area contributed by atoms with E-state index in [1.165, 1.54) is 0 Å². The van der Waals surface area contributed by atoms with Gasteiger partial charge in [0, 0.05) is 25.2 Å². The summed E-state index contributed by atoms with van der Waals surface area (Å²) in [6.45, 7) is 1.98. The van der Waals surface area contributed by atoms with E-state index in [2.05, 4.69) is 20.7 Å². The highest BCUT2D eigenvalue weighted by molar-refractivity contribution is 5.49. The molecule has 0 bridgehead atoms. The van der Waals surface area contributed by atoms with Gasteiger partial charge in [0.1, 0.15) is 5.69 Å². The first-order valence-electron chi connectivity index (χ1n) is 7.23. The molecule has 0 N–H and O–H groups in total. The molecule has 3 aromatic rings.